The standard InChI is InChI=1S/C27H27ClN2O6S/c1-5-7-19-23(26(33)36-6-2)24(18-14-17(34-3)9-11-21(18)35-4)30-25(32)22(37-27(30)29-19)13-15-12-16(28)8-10-20(15)31/h8-14,24,31H,5-7H2,1-4H3/b22-13-/t24-/m1/s1. The number of fused-ring (bicyclic) bond motifs is 1. The largest absolute Gasteiger partial charge is 0.507 e. The van der Waals surface area contributed by atoms with Gasteiger partial charge in [0.1, 0.15) is 23.3 Å². The summed E-state index contributed by atoms with van der Waals surface area (Å²) >= 11 is 7.28. The number of esters is 1. The predicted octanol–water partition coefficient (Wildman–Crippen LogP) is 3.95. The number of phenols is 1. The maximum absolute atomic E-state index is 13.9. The minimum absolute atomic E-state index is 0.0138. The first-order valence-corrected chi connectivity index (χ1v) is 12.9. The van der Waals surface area contributed by atoms with E-state index < -0.39 is 12.0 Å². The van der Waals surface area contributed by atoms with Crippen molar-refractivity contribution in [2.45, 2.75) is 32.7 Å². The zero-order valence-electron chi connectivity index (χ0n) is 20.9. The fraction of sp³-hybridized carbons (Fsp3) is 0.296. The molecule has 0 saturated heterocycles. The molecule has 37 heavy (non-hydrogen) atoms. The molecule has 8 nitrogen and oxygen atoms in total. The summed E-state index contributed by atoms with van der Waals surface area (Å²) in [4.78, 5) is 32.4. The molecule has 10 heteroatoms. The molecule has 2 heterocycles. The number of thiazole rings is 1. The van der Waals surface area contributed by atoms with Crippen molar-refractivity contribution < 1.29 is 24.1 Å². The van der Waals surface area contributed by atoms with E-state index in [1.165, 1.54) is 29.1 Å². The molecule has 0 saturated carbocycles. The summed E-state index contributed by atoms with van der Waals surface area (Å²) in [7, 11) is 3.07. The number of hydrogen-bond acceptors (Lipinski definition) is 8. The number of allylic oxidation sites excluding steroid dienone is 1. The molecule has 194 valence electrons. The zero-order valence-corrected chi connectivity index (χ0v) is 22.5. The van der Waals surface area contributed by atoms with Crippen LogP contribution < -0.4 is 24.4 Å². The number of phenolic OH excluding ortho intramolecular Hbond substituents is 1. The minimum Gasteiger partial charge on any atom is -0.507 e. The zero-order chi connectivity index (χ0) is 26.7. The first-order chi connectivity index (χ1) is 17.8. The average molecular weight is 543 g/mol. The molecule has 0 fully saturated rings. The van der Waals surface area contributed by atoms with Crippen LogP contribution in [0.1, 0.15) is 43.9 Å². The van der Waals surface area contributed by atoms with E-state index in [0.29, 0.717) is 49.1 Å². The van der Waals surface area contributed by atoms with Crippen molar-refractivity contribution in [1.82, 2.24) is 4.57 Å². The monoisotopic (exact) mass is 542 g/mol. The van der Waals surface area contributed by atoms with Gasteiger partial charge in [-0.2, -0.15) is 0 Å². The van der Waals surface area contributed by atoms with Gasteiger partial charge in [-0.1, -0.05) is 36.3 Å². The van der Waals surface area contributed by atoms with Gasteiger partial charge in [0.25, 0.3) is 5.56 Å². The minimum atomic E-state index is -0.864. The van der Waals surface area contributed by atoms with Crippen molar-refractivity contribution in [3.63, 3.8) is 0 Å². The normalized spacial score (nSPS) is 15.3. The third kappa shape index (κ3) is 5.14. The Balaban J connectivity index is 2.07. The Bertz CT molecular complexity index is 1560. The van der Waals surface area contributed by atoms with Gasteiger partial charge >= 0.3 is 5.97 Å². The molecule has 0 radical (unpaired) electrons. The predicted molar refractivity (Wildman–Crippen MR) is 142 cm³/mol. The van der Waals surface area contributed by atoms with Gasteiger partial charge in [-0.15, -0.1) is 0 Å². The first-order valence-electron chi connectivity index (χ1n) is 11.7. The van der Waals surface area contributed by atoms with Crippen LogP contribution in [0.3, 0.4) is 0 Å². The summed E-state index contributed by atoms with van der Waals surface area (Å²) in [5, 5.41) is 10.7. The number of carbonyl (C=O) groups is 1. The Labute approximate surface area is 222 Å². The van der Waals surface area contributed by atoms with E-state index in [-0.39, 0.29) is 23.5 Å². The van der Waals surface area contributed by atoms with Crippen molar-refractivity contribution in [3.8, 4) is 17.2 Å². The van der Waals surface area contributed by atoms with Crippen LogP contribution in [0, 0.1) is 0 Å². The molecule has 0 aliphatic carbocycles. The molecule has 0 bridgehead atoms. The van der Waals surface area contributed by atoms with E-state index in [4.69, 9.17) is 30.8 Å². The van der Waals surface area contributed by atoms with Crippen LogP contribution in [0.5, 0.6) is 17.2 Å². The molecule has 4 rings (SSSR count). The summed E-state index contributed by atoms with van der Waals surface area (Å²) in [6.07, 6.45) is 2.81. The fourth-order valence-corrected chi connectivity index (χ4v) is 5.44. The molecular weight excluding hydrogens is 516 g/mol. The van der Waals surface area contributed by atoms with Crippen LogP contribution in [-0.2, 0) is 9.53 Å². The van der Waals surface area contributed by atoms with E-state index in [0.717, 1.165) is 6.42 Å². The second-order valence-corrected chi connectivity index (χ2v) is 9.67. The Hall–Kier alpha value is -3.56. The maximum atomic E-state index is 13.9. The number of nitrogens with zero attached hydrogens (tertiary/aromatic N) is 2. The lowest BCUT2D eigenvalue weighted by molar-refractivity contribution is -0.139. The molecule has 3 aromatic rings. The lowest BCUT2D eigenvalue weighted by Gasteiger charge is -2.27. The summed E-state index contributed by atoms with van der Waals surface area (Å²) in [5.74, 6) is 0.456. The maximum Gasteiger partial charge on any atom is 0.338 e. The second kappa shape index (κ2) is 11.2. The van der Waals surface area contributed by atoms with E-state index in [1.54, 1.807) is 50.4 Å². The Kier molecular flexibility index (Phi) is 8.04. The smallest absolute Gasteiger partial charge is 0.338 e. The Morgan fingerprint density at radius 1 is 1.19 bits per heavy atom. The van der Waals surface area contributed by atoms with Gasteiger partial charge in [-0.05, 0) is 55.8 Å². The lowest BCUT2D eigenvalue weighted by Crippen LogP contribution is -2.40. The van der Waals surface area contributed by atoms with Crippen molar-refractivity contribution in [3.05, 3.63) is 83.5 Å². The molecule has 1 aliphatic rings. The van der Waals surface area contributed by atoms with Gasteiger partial charge in [-0.3, -0.25) is 9.36 Å². The van der Waals surface area contributed by atoms with Gasteiger partial charge in [0.05, 0.1) is 36.6 Å². The summed E-state index contributed by atoms with van der Waals surface area (Å²) < 4.78 is 18.3. The first kappa shape index (κ1) is 26.5. The molecular formula is C27H27ClN2O6S. The number of benzene rings is 2. The molecule has 0 unspecified atom stereocenters. The van der Waals surface area contributed by atoms with Crippen LogP contribution in [0.15, 0.2) is 57.5 Å². The lowest BCUT2D eigenvalue weighted by atomic mass is 9.93. The number of methoxy groups -OCH3 is 2. The van der Waals surface area contributed by atoms with Crippen molar-refractivity contribution >= 4 is 35.0 Å². The van der Waals surface area contributed by atoms with E-state index >= 15 is 0 Å². The number of carbonyl (C=O) groups excluding carboxylic acids is 1. The van der Waals surface area contributed by atoms with Crippen LogP contribution in [0.25, 0.3) is 6.08 Å². The SMILES string of the molecule is CCCC1=C(C(=O)OCC)[C@@H](c2cc(OC)ccc2OC)n2c(s/c(=C\c3cc(Cl)ccc3O)c2=O)=N1. The highest BCUT2D eigenvalue weighted by atomic mass is 35.5. The number of hydrogen-bond donors (Lipinski definition) is 1. The third-order valence-electron chi connectivity index (χ3n) is 5.90. The van der Waals surface area contributed by atoms with Gasteiger partial charge in [-0.25, -0.2) is 9.79 Å². The number of ether oxygens (including phenoxy) is 3. The average Bonchev–Trinajstić information content (AvgIpc) is 3.19. The van der Waals surface area contributed by atoms with Gasteiger partial charge in [0.15, 0.2) is 4.80 Å². The van der Waals surface area contributed by atoms with Crippen LogP contribution in [0.2, 0.25) is 5.02 Å². The molecule has 0 amide bonds. The number of aromatic hydroxyl groups is 1. The molecule has 0 spiro atoms. The highest BCUT2D eigenvalue weighted by Crippen LogP contribution is 2.38. The van der Waals surface area contributed by atoms with Gasteiger partial charge in [0, 0.05) is 16.1 Å². The van der Waals surface area contributed by atoms with Crippen LogP contribution >= 0.6 is 22.9 Å². The third-order valence-corrected chi connectivity index (χ3v) is 7.12. The number of halogens is 1. The summed E-state index contributed by atoms with van der Waals surface area (Å²) in [6, 6.07) is 8.96. The van der Waals surface area contributed by atoms with Crippen LogP contribution in [0.4, 0.5) is 0 Å². The molecule has 1 aromatic heterocycles. The highest BCUT2D eigenvalue weighted by molar-refractivity contribution is 7.07. The number of rotatable bonds is 8. The molecule has 2 aromatic carbocycles. The van der Waals surface area contributed by atoms with Crippen molar-refractivity contribution in [1.29, 1.82) is 0 Å². The van der Waals surface area contributed by atoms with Crippen molar-refractivity contribution in [2.24, 2.45) is 4.99 Å². The molecule has 1 aliphatic heterocycles. The number of aromatic nitrogens is 1. The summed E-state index contributed by atoms with van der Waals surface area (Å²) in [5.41, 5.74) is 1.41. The molecule has 1 N–H and O–H groups in total. The van der Waals surface area contributed by atoms with Gasteiger partial charge in [0.2, 0.25) is 0 Å². The van der Waals surface area contributed by atoms with Crippen molar-refractivity contribution in [2.75, 3.05) is 20.8 Å². The highest BCUT2D eigenvalue weighted by Gasteiger charge is 2.36. The van der Waals surface area contributed by atoms with E-state index in [9.17, 15) is 14.7 Å². The molecule has 1 atom stereocenters. The van der Waals surface area contributed by atoms with Crippen LogP contribution in [-0.4, -0.2) is 36.5 Å². The Morgan fingerprint density at radius 2 is 1.97 bits per heavy atom. The van der Waals surface area contributed by atoms with Gasteiger partial charge < -0.3 is 19.3 Å². The second-order valence-electron chi connectivity index (χ2n) is 8.22. The Morgan fingerprint density at radius 3 is 2.65 bits per heavy atom. The summed E-state index contributed by atoms with van der Waals surface area (Å²) in [6.45, 7) is 3.89. The quantitative estimate of drug-likeness (QED) is 0.433. The fourth-order valence-electron chi connectivity index (χ4n) is 4.25. The topological polar surface area (TPSA) is 99.4 Å². The van der Waals surface area contributed by atoms with E-state index in [2.05, 4.69) is 0 Å². The van der Waals surface area contributed by atoms with E-state index in [1.807, 2.05) is 6.92 Å².